The number of anilines is 1. The van der Waals surface area contributed by atoms with E-state index in [4.69, 9.17) is 16.6 Å². The van der Waals surface area contributed by atoms with Crippen molar-refractivity contribution in [2.45, 2.75) is 31.3 Å². The van der Waals surface area contributed by atoms with Gasteiger partial charge in [0.15, 0.2) is 0 Å². The fourth-order valence-corrected chi connectivity index (χ4v) is 5.60. The largest absolute Gasteiger partial charge is 0.345 e. The molecule has 2 fully saturated rings. The van der Waals surface area contributed by atoms with Crippen molar-refractivity contribution in [3.8, 4) is 11.1 Å². The number of hydrogen-bond donors (Lipinski definition) is 2. The van der Waals surface area contributed by atoms with Crippen LogP contribution in [0, 0.1) is 0 Å². The molecule has 1 aromatic carbocycles. The van der Waals surface area contributed by atoms with E-state index in [2.05, 4.69) is 20.3 Å². The van der Waals surface area contributed by atoms with E-state index in [9.17, 15) is 4.79 Å². The smallest absolute Gasteiger partial charge is 0.264 e. The Morgan fingerprint density at radius 3 is 2.84 bits per heavy atom. The predicted molar refractivity (Wildman–Crippen MR) is 123 cm³/mol. The first-order chi connectivity index (χ1) is 15.0. The zero-order valence-corrected chi connectivity index (χ0v) is 18.3. The van der Waals surface area contributed by atoms with Crippen LogP contribution in [0.3, 0.4) is 0 Å². The van der Waals surface area contributed by atoms with E-state index in [-0.39, 0.29) is 5.56 Å². The summed E-state index contributed by atoms with van der Waals surface area (Å²) >= 11 is 6.74. The Hall–Kier alpha value is -2.84. The Morgan fingerprint density at radius 2 is 1.97 bits per heavy atom. The number of aromatic amines is 1. The van der Waals surface area contributed by atoms with Crippen LogP contribution in [0.5, 0.6) is 0 Å². The first-order valence-electron chi connectivity index (χ1n) is 10.7. The molecule has 2 aliphatic rings. The van der Waals surface area contributed by atoms with Crippen LogP contribution in [-0.4, -0.2) is 49.5 Å². The third-order valence-electron chi connectivity index (χ3n) is 6.80. The molecule has 0 aliphatic carbocycles. The molecule has 0 radical (unpaired) electrons. The minimum absolute atomic E-state index is 0.0600. The Balaban J connectivity index is 1.53. The van der Waals surface area contributed by atoms with E-state index in [1.54, 1.807) is 9.25 Å². The molecule has 0 spiro atoms. The van der Waals surface area contributed by atoms with Crippen molar-refractivity contribution < 1.29 is 0 Å². The van der Waals surface area contributed by atoms with Gasteiger partial charge in [0, 0.05) is 61.6 Å². The Labute approximate surface area is 183 Å². The SMILES string of the molecule is Cn1cc2c(Cl)c(-c3c[nH]c4nc(N5[C@H]6CCNC[C@@H]5CC6)n(C)c(=O)c34)ccc2n1. The van der Waals surface area contributed by atoms with Crippen molar-refractivity contribution in [1.29, 1.82) is 0 Å². The van der Waals surface area contributed by atoms with Gasteiger partial charge in [-0.2, -0.15) is 10.1 Å². The van der Waals surface area contributed by atoms with Crippen molar-refractivity contribution >= 4 is 39.5 Å². The van der Waals surface area contributed by atoms with Gasteiger partial charge in [-0.1, -0.05) is 17.7 Å². The molecule has 2 saturated heterocycles. The summed E-state index contributed by atoms with van der Waals surface area (Å²) in [5.74, 6) is 0.746. The first kappa shape index (κ1) is 18.9. The number of nitrogens with zero attached hydrogens (tertiary/aromatic N) is 5. The van der Waals surface area contributed by atoms with Crippen molar-refractivity contribution in [2.24, 2.45) is 14.1 Å². The molecule has 6 rings (SSSR count). The summed E-state index contributed by atoms with van der Waals surface area (Å²) in [6.45, 7) is 1.94. The predicted octanol–water partition coefficient (Wildman–Crippen LogP) is 2.80. The van der Waals surface area contributed by atoms with Gasteiger partial charge >= 0.3 is 0 Å². The van der Waals surface area contributed by atoms with Gasteiger partial charge in [-0.25, -0.2) is 0 Å². The minimum Gasteiger partial charge on any atom is -0.345 e. The molecule has 2 bridgehead atoms. The zero-order valence-electron chi connectivity index (χ0n) is 17.5. The number of fused-ring (bicyclic) bond motifs is 4. The van der Waals surface area contributed by atoms with Crippen LogP contribution >= 0.6 is 11.6 Å². The number of hydrogen-bond acceptors (Lipinski definition) is 5. The second-order valence-electron chi connectivity index (χ2n) is 8.65. The normalized spacial score (nSPS) is 21.3. The molecular formula is C22H24ClN7O. The Morgan fingerprint density at radius 1 is 1.13 bits per heavy atom. The third kappa shape index (κ3) is 2.74. The van der Waals surface area contributed by atoms with Crippen molar-refractivity contribution in [1.82, 2.24) is 29.6 Å². The first-order valence-corrected chi connectivity index (χ1v) is 11.1. The van der Waals surface area contributed by atoms with E-state index >= 15 is 0 Å². The van der Waals surface area contributed by atoms with Gasteiger partial charge in [0.1, 0.15) is 5.65 Å². The maximum absolute atomic E-state index is 13.5. The lowest BCUT2D eigenvalue weighted by molar-refractivity contribution is 0.567. The van der Waals surface area contributed by atoms with Crippen LogP contribution in [0.2, 0.25) is 5.02 Å². The molecule has 0 unspecified atom stereocenters. The number of rotatable bonds is 2. The highest BCUT2D eigenvalue weighted by molar-refractivity contribution is 6.38. The number of H-pyrrole nitrogens is 1. The lowest BCUT2D eigenvalue weighted by atomic mass is 10.0. The number of benzene rings is 1. The highest BCUT2D eigenvalue weighted by atomic mass is 35.5. The number of halogens is 1. The maximum Gasteiger partial charge on any atom is 0.264 e. The van der Waals surface area contributed by atoms with Crippen LogP contribution in [0.25, 0.3) is 33.1 Å². The molecule has 8 nitrogen and oxygen atoms in total. The Kier molecular flexibility index (Phi) is 4.16. The summed E-state index contributed by atoms with van der Waals surface area (Å²) in [5, 5.41) is 9.95. The molecule has 2 N–H and O–H groups in total. The van der Waals surface area contributed by atoms with Crippen LogP contribution in [0.15, 0.2) is 29.3 Å². The quantitative estimate of drug-likeness (QED) is 0.503. The van der Waals surface area contributed by atoms with Crippen LogP contribution in [-0.2, 0) is 14.1 Å². The molecule has 9 heteroatoms. The molecule has 31 heavy (non-hydrogen) atoms. The van der Waals surface area contributed by atoms with E-state index in [1.807, 2.05) is 38.6 Å². The zero-order chi connectivity index (χ0) is 21.3. The molecule has 4 aromatic rings. The Bertz CT molecular complexity index is 1370. The van der Waals surface area contributed by atoms with Crippen molar-refractivity contribution in [3.05, 3.63) is 39.9 Å². The van der Waals surface area contributed by atoms with Gasteiger partial charge in [0.2, 0.25) is 5.95 Å². The molecule has 2 atom stereocenters. The second kappa shape index (κ2) is 6.83. The second-order valence-corrected chi connectivity index (χ2v) is 9.03. The lowest BCUT2D eigenvalue weighted by Gasteiger charge is -2.30. The molecular weight excluding hydrogens is 414 g/mol. The summed E-state index contributed by atoms with van der Waals surface area (Å²) in [5.41, 5.74) is 2.95. The average Bonchev–Trinajstić information content (AvgIpc) is 3.39. The van der Waals surface area contributed by atoms with E-state index in [1.165, 1.54) is 0 Å². The molecule has 2 aliphatic heterocycles. The van der Waals surface area contributed by atoms with Gasteiger partial charge in [0.05, 0.1) is 15.9 Å². The summed E-state index contributed by atoms with van der Waals surface area (Å²) in [7, 11) is 3.69. The summed E-state index contributed by atoms with van der Waals surface area (Å²) in [6.07, 6.45) is 7.08. The van der Waals surface area contributed by atoms with Gasteiger partial charge < -0.3 is 15.2 Å². The van der Waals surface area contributed by atoms with Crippen LogP contribution in [0.1, 0.15) is 19.3 Å². The van der Waals surface area contributed by atoms with E-state index in [0.29, 0.717) is 28.1 Å². The number of aryl methyl sites for hydroxylation is 1. The average molecular weight is 438 g/mol. The topological polar surface area (TPSA) is 83.8 Å². The number of aromatic nitrogens is 5. The van der Waals surface area contributed by atoms with Gasteiger partial charge in [0.25, 0.3) is 5.56 Å². The van der Waals surface area contributed by atoms with E-state index in [0.717, 1.165) is 60.3 Å². The number of nitrogens with one attached hydrogen (secondary N) is 2. The summed E-state index contributed by atoms with van der Waals surface area (Å²) < 4.78 is 3.44. The van der Waals surface area contributed by atoms with Crippen molar-refractivity contribution in [3.63, 3.8) is 0 Å². The highest BCUT2D eigenvalue weighted by Gasteiger charge is 2.37. The molecule has 0 saturated carbocycles. The monoisotopic (exact) mass is 437 g/mol. The van der Waals surface area contributed by atoms with Crippen LogP contribution in [0.4, 0.5) is 5.95 Å². The molecule has 0 amide bonds. The van der Waals surface area contributed by atoms with E-state index < -0.39 is 0 Å². The summed E-state index contributed by atoms with van der Waals surface area (Å²) in [6, 6.07) is 4.66. The minimum atomic E-state index is -0.0600. The van der Waals surface area contributed by atoms with Gasteiger partial charge in [-0.15, -0.1) is 0 Å². The highest BCUT2D eigenvalue weighted by Crippen LogP contribution is 2.37. The third-order valence-corrected chi connectivity index (χ3v) is 7.21. The van der Waals surface area contributed by atoms with Crippen LogP contribution < -0.4 is 15.8 Å². The van der Waals surface area contributed by atoms with Crippen molar-refractivity contribution in [2.75, 3.05) is 18.0 Å². The molecule has 160 valence electrons. The molecule has 5 heterocycles. The fraction of sp³-hybridized carbons (Fsp3) is 0.409. The summed E-state index contributed by atoms with van der Waals surface area (Å²) in [4.78, 5) is 24.1. The van der Waals surface area contributed by atoms with Gasteiger partial charge in [-0.3, -0.25) is 14.0 Å². The standard InChI is InChI=1S/C22H24ClN7O/c1-28-11-16-17(27-28)6-5-14(19(16)23)15-10-25-20-18(15)21(31)29(2)22(26-20)30-12-3-4-13(30)9-24-8-7-12/h5-6,10-13,24-25H,3-4,7-9H2,1-2H3/t12-,13+/m1/s1. The maximum atomic E-state index is 13.5. The fourth-order valence-electron chi connectivity index (χ4n) is 5.29. The van der Waals surface area contributed by atoms with Gasteiger partial charge in [-0.05, 0) is 31.9 Å². The lowest BCUT2D eigenvalue weighted by Crippen LogP contribution is -2.41. The molecule has 3 aromatic heterocycles.